The van der Waals surface area contributed by atoms with Crippen molar-refractivity contribution >= 4 is 11.9 Å². The van der Waals surface area contributed by atoms with Crippen LogP contribution >= 0.6 is 0 Å². The van der Waals surface area contributed by atoms with Crippen LogP contribution in [0.25, 0.3) is 0 Å². The molecule has 1 saturated heterocycles. The number of carbonyl (C=O) groups excluding carboxylic acids is 1. The topological polar surface area (TPSA) is 83.6 Å². The highest BCUT2D eigenvalue weighted by molar-refractivity contribution is 5.92. The first-order valence-corrected chi connectivity index (χ1v) is 5.03. The Labute approximate surface area is 91.8 Å². The Morgan fingerprint density at radius 3 is 2.88 bits per heavy atom. The summed E-state index contributed by atoms with van der Waals surface area (Å²) in [6, 6.07) is 1.55. The van der Waals surface area contributed by atoms with Crippen molar-refractivity contribution in [2.75, 3.05) is 13.1 Å². The van der Waals surface area contributed by atoms with Crippen molar-refractivity contribution in [1.82, 2.24) is 10.1 Å². The van der Waals surface area contributed by atoms with Gasteiger partial charge in [-0.1, -0.05) is 5.16 Å². The van der Waals surface area contributed by atoms with Crippen molar-refractivity contribution in [3.05, 3.63) is 17.5 Å². The van der Waals surface area contributed by atoms with Crippen LogP contribution in [-0.2, 0) is 4.79 Å². The van der Waals surface area contributed by atoms with Crippen LogP contribution < -0.4 is 0 Å². The van der Waals surface area contributed by atoms with Gasteiger partial charge >= 0.3 is 5.97 Å². The van der Waals surface area contributed by atoms with E-state index in [2.05, 4.69) is 5.16 Å². The fraction of sp³-hybridized carbons (Fsp3) is 0.500. The molecule has 1 unspecified atom stereocenters. The summed E-state index contributed by atoms with van der Waals surface area (Å²) < 4.78 is 4.81. The lowest BCUT2D eigenvalue weighted by atomic mass is 10.1. The van der Waals surface area contributed by atoms with Crippen LogP contribution in [0.3, 0.4) is 0 Å². The van der Waals surface area contributed by atoms with Gasteiger partial charge in [-0.05, 0) is 13.3 Å². The number of amides is 1. The first-order valence-electron chi connectivity index (χ1n) is 5.03. The Kier molecular flexibility index (Phi) is 2.64. The molecule has 1 aliphatic heterocycles. The van der Waals surface area contributed by atoms with Crippen molar-refractivity contribution in [3.63, 3.8) is 0 Å². The van der Waals surface area contributed by atoms with E-state index in [1.165, 1.54) is 4.90 Å². The van der Waals surface area contributed by atoms with Gasteiger partial charge in [0.25, 0.3) is 5.91 Å². The molecule has 0 spiro atoms. The summed E-state index contributed by atoms with van der Waals surface area (Å²) in [7, 11) is 0. The molecule has 6 heteroatoms. The molecular weight excluding hydrogens is 212 g/mol. The lowest BCUT2D eigenvalue weighted by molar-refractivity contribution is -0.141. The number of carboxylic acids is 1. The van der Waals surface area contributed by atoms with Gasteiger partial charge in [-0.15, -0.1) is 0 Å². The van der Waals surface area contributed by atoms with Crippen molar-refractivity contribution in [3.8, 4) is 0 Å². The molecule has 1 amide bonds. The molecule has 1 fully saturated rings. The number of hydrogen-bond acceptors (Lipinski definition) is 4. The lowest BCUT2D eigenvalue weighted by Crippen LogP contribution is -2.30. The highest BCUT2D eigenvalue weighted by Gasteiger charge is 2.32. The van der Waals surface area contributed by atoms with E-state index in [0.29, 0.717) is 18.7 Å². The number of carboxylic acid groups (broad SMARTS) is 1. The molecule has 1 atom stereocenters. The maximum Gasteiger partial charge on any atom is 0.308 e. The first-order chi connectivity index (χ1) is 7.58. The van der Waals surface area contributed by atoms with Crippen LogP contribution in [0.1, 0.15) is 22.7 Å². The summed E-state index contributed by atoms with van der Waals surface area (Å²) in [4.78, 5) is 24.1. The number of nitrogens with zero attached hydrogens (tertiary/aromatic N) is 2. The zero-order valence-electron chi connectivity index (χ0n) is 8.84. The smallest absolute Gasteiger partial charge is 0.308 e. The molecule has 0 saturated carbocycles. The molecule has 0 bridgehead atoms. The van der Waals surface area contributed by atoms with E-state index in [1.807, 2.05) is 0 Å². The van der Waals surface area contributed by atoms with Crippen LogP contribution in [-0.4, -0.2) is 40.1 Å². The normalized spacial score (nSPS) is 20.1. The molecule has 1 N–H and O–H groups in total. The van der Waals surface area contributed by atoms with Crippen LogP contribution in [0, 0.1) is 12.8 Å². The van der Waals surface area contributed by atoms with E-state index in [-0.39, 0.29) is 18.1 Å². The number of hydrogen-bond donors (Lipinski definition) is 1. The summed E-state index contributed by atoms with van der Waals surface area (Å²) in [6.07, 6.45) is 0.498. The van der Waals surface area contributed by atoms with E-state index in [4.69, 9.17) is 9.63 Å². The van der Waals surface area contributed by atoms with Gasteiger partial charge in [0.05, 0.1) is 5.92 Å². The van der Waals surface area contributed by atoms with Crippen molar-refractivity contribution in [2.45, 2.75) is 13.3 Å². The molecule has 1 aromatic heterocycles. The number of carbonyl (C=O) groups is 2. The second-order valence-electron chi connectivity index (χ2n) is 3.90. The number of rotatable bonds is 2. The minimum atomic E-state index is -0.855. The molecule has 0 aliphatic carbocycles. The second-order valence-corrected chi connectivity index (χ2v) is 3.90. The Morgan fingerprint density at radius 2 is 2.38 bits per heavy atom. The Morgan fingerprint density at radius 1 is 1.62 bits per heavy atom. The number of aliphatic carboxylic acids is 1. The van der Waals surface area contributed by atoms with Crippen LogP contribution in [0.2, 0.25) is 0 Å². The maximum atomic E-state index is 11.8. The third kappa shape index (κ3) is 1.91. The van der Waals surface area contributed by atoms with E-state index >= 15 is 0 Å². The molecule has 86 valence electrons. The van der Waals surface area contributed by atoms with E-state index < -0.39 is 11.9 Å². The molecule has 1 aliphatic rings. The summed E-state index contributed by atoms with van der Waals surface area (Å²) in [5, 5.41) is 12.4. The molecular formula is C10H12N2O4. The van der Waals surface area contributed by atoms with Crippen LogP contribution in [0.15, 0.2) is 10.6 Å². The zero-order valence-corrected chi connectivity index (χ0v) is 8.84. The average Bonchev–Trinajstić information content (AvgIpc) is 2.84. The molecule has 2 heterocycles. The summed E-state index contributed by atoms with van der Waals surface area (Å²) in [5.41, 5.74) is 0.239. The lowest BCUT2D eigenvalue weighted by Gasteiger charge is -2.13. The fourth-order valence-corrected chi connectivity index (χ4v) is 1.78. The van der Waals surface area contributed by atoms with Crippen molar-refractivity contribution < 1.29 is 19.2 Å². The predicted octanol–water partition coefficient (Wildman–Crippen LogP) is 0.530. The molecule has 16 heavy (non-hydrogen) atoms. The third-order valence-electron chi connectivity index (χ3n) is 2.67. The van der Waals surface area contributed by atoms with Gasteiger partial charge in [-0.2, -0.15) is 0 Å². The van der Waals surface area contributed by atoms with E-state index in [0.717, 1.165) is 0 Å². The minimum absolute atomic E-state index is 0.239. The van der Waals surface area contributed by atoms with E-state index in [1.54, 1.807) is 13.0 Å². The second kappa shape index (κ2) is 3.96. The molecule has 6 nitrogen and oxygen atoms in total. The summed E-state index contributed by atoms with van der Waals surface area (Å²) in [6.45, 7) is 2.41. The van der Waals surface area contributed by atoms with Gasteiger partial charge in [0, 0.05) is 19.2 Å². The van der Waals surface area contributed by atoms with Crippen LogP contribution in [0.4, 0.5) is 0 Å². The standard InChI is InChI=1S/C10H12N2O4/c1-6-4-8(11-16-6)9(13)12-3-2-7(5-12)10(14)15/h4,7H,2-3,5H2,1H3,(H,14,15). The quantitative estimate of drug-likeness (QED) is 0.792. The average molecular weight is 224 g/mol. The molecule has 1 aromatic rings. The van der Waals surface area contributed by atoms with Gasteiger partial charge in [0.2, 0.25) is 0 Å². The molecule has 0 radical (unpaired) electrons. The van der Waals surface area contributed by atoms with Crippen molar-refractivity contribution in [2.24, 2.45) is 5.92 Å². The minimum Gasteiger partial charge on any atom is -0.481 e. The first kappa shape index (κ1) is 10.7. The summed E-state index contributed by atoms with van der Waals surface area (Å²) in [5.74, 6) is -1.01. The monoisotopic (exact) mass is 224 g/mol. The summed E-state index contributed by atoms with van der Waals surface area (Å²) >= 11 is 0. The molecule has 2 rings (SSSR count). The Balaban J connectivity index is 2.05. The fourth-order valence-electron chi connectivity index (χ4n) is 1.78. The SMILES string of the molecule is Cc1cc(C(=O)N2CCC(C(=O)O)C2)no1. The van der Waals surface area contributed by atoms with Gasteiger partial charge in [-0.3, -0.25) is 9.59 Å². The number of aromatic nitrogens is 1. The van der Waals surface area contributed by atoms with Gasteiger partial charge < -0.3 is 14.5 Å². The largest absolute Gasteiger partial charge is 0.481 e. The van der Waals surface area contributed by atoms with E-state index in [9.17, 15) is 9.59 Å². The number of likely N-dealkylation sites (tertiary alicyclic amines) is 1. The van der Waals surface area contributed by atoms with Crippen LogP contribution in [0.5, 0.6) is 0 Å². The highest BCUT2D eigenvalue weighted by Crippen LogP contribution is 2.18. The Bertz CT molecular complexity index is 426. The van der Waals surface area contributed by atoms with Gasteiger partial charge in [0.1, 0.15) is 5.76 Å². The highest BCUT2D eigenvalue weighted by atomic mass is 16.5. The molecule has 0 aromatic carbocycles. The predicted molar refractivity (Wildman–Crippen MR) is 52.9 cm³/mol. The van der Waals surface area contributed by atoms with Gasteiger partial charge in [0.15, 0.2) is 5.69 Å². The number of aryl methyl sites for hydroxylation is 1. The zero-order chi connectivity index (χ0) is 11.7. The Hall–Kier alpha value is -1.85. The van der Waals surface area contributed by atoms with Crippen molar-refractivity contribution in [1.29, 1.82) is 0 Å². The maximum absolute atomic E-state index is 11.8. The van der Waals surface area contributed by atoms with Gasteiger partial charge in [-0.25, -0.2) is 0 Å². The third-order valence-corrected chi connectivity index (χ3v) is 2.67.